The highest BCUT2D eigenvalue weighted by molar-refractivity contribution is 7.01. The van der Waals surface area contributed by atoms with Gasteiger partial charge in [-0.05, 0) is 198 Å². The van der Waals surface area contributed by atoms with Crippen LogP contribution in [0.3, 0.4) is 0 Å². The number of benzene rings is 5. The molecule has 6 aromatic rings. The van der Waals surface area contributed by atoms with E-state index in [9.17, 15) is 0 Å². The molecule has 0 saturated heterocycles. The summed E-state index contributed by atoms with van der Waals surface area (Å²) in [5.74, 6) is 0.980. The molecule has 2 unspecified atom stereocenters. The van der Waals surface area contributed by atoms with Gasteiger partial charge >= 0.3 is 0 Å². The van der Waals surface area contributed by atoms with Crippen LogP contribution < -0.4 is 26.2 Å². The highest BCUT2D eigenvalue weighted by Crippen LogP contribution is 2.62. The van der Waals surface area contributed by atoms with Crippen LogP contribution in [-0.4, -0.2) is 6.71 Å². The van der Waals surface area contributed by atoms with Gasteiger partial charge in [0.15, 0.2) is 0 Å². The first-order chi connectivity index (χ1) is 31.1. The van der Waals surface area contributed by atoms with Crippen molar-refractivity contribution in [2.45, 2.75) is 199 Å². The lowest BCUT2D eigenvalue weighted by atomic mass is 9.33. The third-order valence-electron chi connectivity index (χ3n) is 19.1. The van der Waals surface area contributed by atoms with E-state index in [1.165, 1.54) is 128 Å². The molecule has 0 radical (unpaired) electrons. The predicted molar refractivity (Wildman–Crippen MR) is 287 cm³/mol. The molecule has 1 aromatic heterocycles. The van der Waals surface area contributed by atoms with E-state index in [1.54, 1.807) is 5.56 Å². The number of hydrogen-bond donors (Lipinski definition) is 0. The minimum Gasteiger partial charge on any atom is -0.440 e. The Hall–Kier alpha value is -4.70. The summed E-state index contributed by atoms with van der Waals surface area (Å²) in [5.41, 5.74) is 23.8. The van der Waals surface area contributed by atoms with Gasteiger partial charge in [0.05, 0.1) is 0 Å². The number of fused-ring (bicyclic) bond motifs is 13. The van der Waals surface area contributed by atoms with Crippen molar-refractivity contribution in [3.8, 4) is 0 Å². The van der Waals surface area contributed by atoms with Crippen LogP contribution in [0.2, 0.25) is 0 Å². The topological polar surface area (TPSA) is 19.6 Å². The van der Waals surface area contributed by atoms with Crippen molar-refractivity contribution < 1.29 is 4.42 Å². The first kappa shape index (κ1) is 43.6. The number of nitrogens with zero attached hydrogens (tertiary/aromatic N) is 2. The van der Waals surface area contributed by atoms with E-state index in [-0.39, 0.29) is 50.0 Å². The zero-order chi connectivity index (χ0) is 47.6. The molecule has 2 atom stereocenters. The molecule has 0 N–H and O–H groups in total. The lowest BCUT2D eigenvalue weighted by Gasteiger charge is -2.47. The van der Waals surface area contributed by atoms with Crippen LogP contribution in [0.1, 0.15) is 200 Å². The quantitative estimate of drug-likeness (QED) is 0.161. The summed E-state index contributed by atoms with van der Waals surface area (Å²) in [6.45, 7) is 39.0. The monoisotopic (exact) mass is 887 g/mol. The summed E-state index contributed by atoms with van der Waals surface area (Å²) in [7, 11) is 0. The molecule has 4 heteroatoms. The van der Waals surface area contributed by atoms with Gasteiger partial charge in [-0.1, -0.05) is 135 Å². The zero-order valence-corrected chi connectivity index (χ0v) is 43.8. The molecule has 4 aliphatic carbocycles. The molecule has 2 bridgehead atoms. The van der Waals surface area contributed by atoms with E-state index in [0.717, 1.165) is 17.2 Å². The van der Waals surface area contributed by atoms with E-state index in [2.05, 4.69) is 199 Å². The average molecular weight is 887 g/mol. The van der Waals surface area contributed by atoms with Crippen LogP contribution in [0.4, 0.5) is 34.3 Å². The molecule has 3 nitrogen and oxygen atoms in total. The van der Waals surface area contributed by atoms with Crippen molar-refractivity contribution in [3.63, 3.8) is 0 Å². The Morgan fingerprint density at radius 1 is 0.448 bits per heavy atom. The summed E-state index contributed by atoms with van der Waals surface area (Å²) >= 11 is 0. The number of hydrogen-bond acceptors (Lipinski definition) is 3. The van der Waals surface area contributed by atoms with Gasteiger partial charge in [0.2, 0.25) is 5.88 Å². The van der Waals surface area contributed by atoms with Gasteiger partial charge in [0.1, 0.15) is 5.58 Å². The van der Waals surface area contributed by atoms with Gasteiger partial charge in [0.25, 0.3) is 6.71 Å². The largest absolute Gasteiger partial charge is 0.440 e. The highest BCUT2D eigenvalue weighted by atomic mass is 16.4. The summed E-state index contributed by atoms with van der Waals surface area (Å²) in [6, 6.07) is 32.6. The molecule has 1 saturated carbocycles. The van der Waals surface area contributed by atoms with Crippen molar-refractivity contribution >= 4 is 68.4 Å². The number of anilines is 6. The zero-order valence-electron chi connectivity index (χ0n) is 43.8. The molecule has 12 rings (SSSR count). The lowest BCUT2D eigenvalue weighted by Crippen LogP contribution is -2.61. The van der Waals surface area contributed by atoms with Gasteiger partial charge < -0.3 is 9.32 Å². The average Bonchev–Trinajstić information content (AvgIpc) is 3.86. The molecule has 3 heterocycles. The maximum Gasteiger partial charge on any atom is 0.257 e. The Kier molecular flexibility index (Phi) is 8.54. The first-order valence-electron chi connectivity index (χ1n) is 26.0. The van der Waals surface area contributed by atoms with E-state index >= 15 is 0 Å². The molecule has 6 aliphatic rings. The Balaban J connectivity index is 1.23. The van der Waals surface area contributed by atoms with Gasteiger partial charge in [0, 0.05) is 39.3 Å². The van der Waals surface area contributed by atoms with E-state index in [4.69, 9.17) is 4.42 Å². The summed E-state index contributed by atoms with van der Waals surface area (Å²) < 4.78 is 7.57. The predicted octanol–water partition coefficient (Wildman–Crippen LogP) is 15.5. The summed E-state index contributed by atoms with van der Waals surface area (Å²) in [6.07, 6.45) is 8.47. The fraction of sp³-hybridized carbons (Fsp3) is 0.492. The molecular weight excluding hydrogens is 812 g/mol. The maximum absolute atomic E-state index is 7.57. The Labute approximate surface area is 403 Å². The van der Waals surface area contributed by atoms with E-state index < -0.39 is 0 Å². The van der Waals surface area contributed by atoms with E-state index in [0.29, 0.717) is 0 Å². The van der Waals surface area contributed by atoms with Crippen molar-refractivity contribution in [2.75, 3.05) is 9.80 Å². The number of furan rings is 1. The SMILES string of the molecule is CC(C)(C)c1ccc(N2c3cc(C(C)(C)C)cc4c3B(c3cc5c(cc3N4c3ccc4c(c3)C(C)(C)CCC4(C)C)C(C)(C)CCC5(C)C)c3c2oc2cc4c(cc32)C2(C)CCC4(C)C2)cc1. The maximum atomic E-state index is 7.57. The molecule has 0 amide bonds. The van der Waals surface area contributed by atoms with Crippen LogP contribution in [0.25, 0.3) is 11.0 Å². The minimum absolute atomic E-state index is 0.0224. The van der Waals surface area contributed by atoms with Crippen LogP contribution in [0.15, 0.2) is 83.3 Å². The molecule has 0 spiro atoms. The van der Waals surface area contributed by atoms with Gasteiger partial charge in [-0.3, -0.25) is 4.90 Å². The second-order valence-corrected chi connectivity index (χ2v) is 27.8. The lowest BCUT2D eigenvalue weighted by molar-refractivity contribution is 0.332. The van der Waals surface area contributed by atoms with Gasteiger partial charge in [-0.2, -0.15) is 0 Å². The smallest absolute Gasteiger partial charge is 0.257 e. The molecule has 346 valence electrons. The number of rotatable bonds is 2. The van der Waals surface area contributed by atoms with Crippen molar-refractivity contribution in [1.29, 1.82) is 0 Å². The standard InChI is InChI=1S/C63H75BN2O/c1-56(2,3)37-17-19-39(20-18-37)66-51-30-38(57(4,5)6)29-50-54(51)64(53-41-32-46-47(35-52(41)67-55(53)66)63(16)28-27-62(46,15)36-63)48-33-44-45(61(13,14)26-25-60(44,11)12)34-49(48)65(50)40-21-22-42-43(31-40)59(9,10)24-23-58(42,7)8/h17-22,29-35H,23-28,36H2,1-16H3. The Morgan fingerprint density at radius 3 is 1.54 bits per heavy atom. The van der Waals surface area contributed by atoms with Crippen LogP contribution in [0.5, 0.6) is 0 Å². The second kappa shape index (κ2) is 13.1. The highest BCUT2D eigenvalue weighted by Gasteiger charge is 2.55. The third kappa shape index (κ3) is 6.02. The molecule has 1 fully saturated rings. The summed E-state index contributed by atoms with van der Waals surface area (Å²) in [4.78, 5) is 5.26. The third-order valence-corrected chi connectivity index (χ3v) is 19.1. The van der Waals surface area contributed by atoms with Crippen molar-refractivity contribution in [2.24, 2.45) is 0 Å². The Morgan fingerprint density at radius 2 is 0.955 bits per heavy atom. The first-order valence-corrected chi connectivity index (χ1v) is 26.0. The molecule has 2 aliphatic heterocycles. The van der Waals surface area contributed by atoms with Crippen LogP contribution in [0, 0.1) is 0 Å². The molecule has 67 heavy (non-hydrogen) atoms. The van der Waals surface area contributed by atoms with E-state index in [1.807, 2.05) is 0 Å². The Bertz CT molecular complexity index is 3120. The molecular formula is C63H75BN2O. The van der Waals surface area contributed by atoms with Crippen molar-refractivity contribution in [1.82, 2.24) is 0 Å². The summed E-state index contributed by atoms with van der Waals surface area (Å²) in [5, 5.41) is 1.29. The fourth-order valence-corrected chi connectivity index (χ4v) is 14.5. The van der Waals surface area contributed by atoms with Gasteiger partial charge in [-0.25, -0.2) is 0 Å². The van der Waals surface area contributed by atoms with Crippen LogP contribution in [-0.2, 0) is 43.3 Å². The normalized spacial score (nSPS) is 24.5. The van der Waals surface area contributed by atoms with Gasteiger partial charge in [-0.15, -0.1) is 0 Å². The fourth-order valence-electron chi connectivity index (χ4n) is 14.5. The minimum atomic E-state index is -0.113. The second-order valence-electron chi connectivity index (χ2n) is 27.8. The van der Waals surface area contributed by atoms with Crippen molar-refractivity contribution in [3.05, 3.63) is 123 Å². The molecule has 5 aromatic carbocycles. The van der Waals surface area contributed by atoms with Crippen LogP contribution >= 0.6 is 0 Å².